The van der Waals surface area contributed by atoms with E-state index in [-0.39, 0.29) is 6.04 Å². The third-order valence-corrected chi connectivity index (χ3v) is 2.04. The van der Waals surface area contributed by atoms with Gasteiger partial charge in [-0.3, -0.25) is 0 Å². The average Bonchev–Trinajstić information content (AvgIpc) is 2.04. The zero-order valence-corrected chi connectivity index (χ0v) is 8.08. The van der Waals surface area contributed by atoms with Crippen molar-refractivity contribution in [1.29, 1.82) is 0 Å². The van der Waals surface area contributed by atoms with E-state index in [9.17, 15) is 0 Å². The molecule has 0 amide bonds. The van der Waals surface area contributed by atoms with Gasteiger partial charge in [0.1, 0.15) is 0 Å². The van der Waals surface area contributed by atoms with Crippen molar-refractivity contribution in [3.8, 4) is 0 Å². The Bertz CT molecular complexity index is 286. The van der Waals surface area contributed by atoms with Crippen molar-refractivity contribution < 1.29 is 4.74 Å². The van der Waals surface area contributed by atoms with E-state index in [2.05, 4.69) is 0 Å². The fourth-order valence-electron chi connectivity index (χ4n) is 1.38. The van der Waals surface area contributed by atoms with Crippen LogP contribution in [0, 0.1) is 6.92 Å². The Morgan fingerprint density at radius 2 is 2.15 bits per heavy atom. The summed E-state index contributed by atoms with van der Waals surface area (Å²) in [6, 6.07) is 5.67. The highest BCUT2D eigenvalue weighted by Gasteiger charge is 2.07. The van der Waals surface area contributed by atoms with Gasteiger partial charge in [-0.1, -0.05) is 6.07 Å². The van der Waals surface area contributed by atoms with E-state index in [4.69, 9.17) is 16.2 Å². The lowest BCUT2D eigenvalue weighted by Crippen LogP contribution is -2.17. The highest BCUT2D eigenvalue weighted by atomic mass is 16.5. The molecule has 1 rings (SSSR count). The Balaban J connectivity index is 2.88. The topological polar surface area (TPSA) is 61.3 Å². The Labute approximate surface area is 78.7 Å². The number of rotatable bonds is 3. The van der Waals surface area contributed by atoms with Crippen LogP contribution in [0.25, 0.3) is 0 Å². The SMILES string of the molecule is COC[C@H](N)c1ccc(N)cc1C. The summed E-state index contributed by atoms with van der Waals surface area (Å²) in [5, 5.41) is 0. The third kappa shape index (κ3) is 2.44. The van der Waals surface area contributed by atoms with Gasteiger partial charge in [-0.2, -0.15) is 0 Å². The number of hydrogen-bond acceptors (Lipinski definition) is 3. The molecule has 3 nitrogen and oxygen atoms in total. The Morgan fingerprint density at radius 1 is 1.46 bits per heavy atom. The first-order chi connectivity index (χ1) is 6.15. The van der Waals surface area contributed by atoms with Crippen molar-refractivity contribution in [3.05, 3.63) is 29.3 Å². The molecule has 13 heavy (non-hydrogen) atoms. The van der Waals surface area contributed by atoms with Crippen LogP contribution in [0.3, 0.4) is 0 Å². The van der Waals surface area contributed by atoms with Crippen LogP contribution in [-0.4, -0.2) is 13.7 Å². The molecule has 0 unspecified atom stereocenters. The van der Waals surface area contributed by atoms with Crippen LogP contribution >= 0.6 is 0 Å². The molecule has 0 saturated heterocycles. The molecule has 0 aliphatic heterocycles. The first-order valence-electron chi connectivity index (χ1n) is 4.25. The number of benzene rings is 1. The number of ether oxygens (including phenoxy) is 1. The molecule has 72 valence electrons. The van der Waals surface area contributed by atoms with Gasteiger partial charge in [0.25, 0.3) is 0 Å². The van der Waals surface area contributed by atoms with Crippen molar-refractivity contribution in [2.75, 3.05) is 19.5 Å². The van der Waals surface area contributed by atoms with Gasteiger partial charge in [-0.25, -0.2) is 0 Å². The summed E-state index contributed by atoms with van der Waals surface area (Å²) in [4.78, 5) is 0. The van der Waals surface area contributed by atoms with E-state index in [1.54, 1.807) is 7.11 Å². The highest BCUT2D eigenvalue weighted by molar-refractivity contribution is 5.45. The summed E-state index contributed by atoms with van der Waals surface area (Å²) in [6.07, 6.45) is 0. The second-order valence-electron chi connectivity index (χ2n) is 3.18. The lowest BCUT2D eigenvalue weighted by atomic mass is 10.0. The summed E-state index contributed by atoms with van der Waals surface area (Å²) in [5.74, 6) is 0. The van der Waals surface area contributed by atoms with Crippen LogP contribution in [0.5, 0.6) is 0 Å². The zero-order chi connectivity index (χ0) is 9.84. The van der Waals surface area contributed by atoms with E-state index in [1.807, 2.05) is 25.1 Å². The number of aryl methyl sites for hydroxylation is 1. The number of nitrogen functional groups attached to an aromatic ring is 1. The summed E-state index contributed by atoms with van der Waals surface area (Å²) >= 11 is 0. The Kier molecular flexibility index (Phi) is 3.28. The van der Waals surface area contributed by atoms with Crippen molar-refractivity contribution in [3.63, 3.8) is 0 Å². The summed E-state index contributed by atoms with van der Waals surface area (Å²) < 4.78 is 4.99. The number of anilines is 1. The van der Waals surface area contributed by atoms with Gasteiger partial charge in [0.05, 0.1) is 12.6 Å². The Morgan fingerprint density at radius 3 is 2.69 bits per heavy atom. The lowest BCUT2D eigenvalue weighted by molar-refractivity contribution is 0.180. The van der Waals surface area contributed by atoms with Gasteiger partial charge in [-0.15, -0.1) is 0 Å². The summed E-state index contributed by atoms with van der Waals surface area (Å²) in [5.41, 5.74) is 14.5. The molecule has 1 aromatic rings. The molecule has 4 N–H and O–H groups in total. The fourth-order valence-corrected chi connectivity index (χ4v) is 1.38. The maximum atomic E-state index is 5.89. The van der Waals surface area contributed by atoms with Crippen LogP contribution in [0.4, 0.5) is 5.69 Å². The van der Waals surface area contributed by atoms with Crippen LogP contribution in [0.2, 0.25) is 0 Å². The largest absolute Gasteiger partial charge is 0.399 e. The standard InChI is InChI=1S/C10H16N2O/c1-7-5-8(11)3-4-9(7)10(12)6-13-2/h3-5,10H,6,11-12H2,1-2H3/t10-/m0/s1. The molecule has 0 aliphatic rings. The predicted octanol–water partition coefficient (Wildman–Crippen LogP) is 1.22. The lowest BCUT2D eigenvalue weighted by Gasteiger charge is -2.13. The first kappa shape index (κ1) is 10.0. The monoisotopic (exact) mass is 180 g/mol. The molecule has 0 saturated carbocycles. The molecular weight excluding hydrogens is 164 g/mol. The average molecular weight is 180 g/mol. The summed E-state index contributed by atoms with van der Waals surface area (Å²) in [6.45, 7) is 2.53. The fraction of sp³-hybridized carbons (Fsp3) is 0.400. The van der Waals surface area contributed by atoms with Crippen molar-refractivity contribution in [1.82, 2.24) is 0 Å². The third-order valence-electron chi connectivity index (χ3n) is 2.04. The maximum Gasteiger partial charge on any atom is 0.0655 e. The van der Waals surface area contributed by atoms with Crippen LogP contribution in [-0.2, 0) is 4.74 Å². The molecule has 0 bridgehead atoms. The van der Waals surface area contributed by atoms with E-state index in [0.29, 0.717) is 6.61 Å². The highest BCUT2D eigenvalue weighted by Crippen LogP contribution is 2.18. The normalized spacial score (nSPS) is 12.8. The first-order valence-corrected chi connectivity index (χ1v) is 4.25. The van der Waals surface area contributed by atoms with Gasteiger partial charge >= 0.3 is 0 Å². The molecule has 0 spiro atoms. The number of nitrogens with two attached hydrogens (primary N) is 2. The second kappa shape index (κ2) is 4.25. The molecular formula is C10H16N2O. The molecule has 0 radical (unpaired) electrons. The van der Waals surface area contributed by atoms with Crippen molar-refractivity contribution in [2.45, 2.75) is 13.0 Å². The maximum absolute atomic E-state index is 5.89. The zero-order valence-electron chi connectivity index (χ0n) is 8.08. The van der Waals surface area contributed by atoms with Crippen LogP contribution in [0.15, 0.2) is 18.2 Å². The van der Waals surface area contributed by atoms with E-state index < -0.39 is 0 Å². The molecule has 1 aromatic carbocycles. The molecule has 0 fully saturated rings. The van der Waals surface area contributed by atoms with Crippen LogP contribution < -0.4 is 11.5 Å². The van der Waals surface area contributed by atoms with E-state index in [1.165, 1.54) is 0 Å². The molecule has 0 aliphatic carbocycles. The minimum Gasteiger partial charge on any atom is -0.399 e. The van der Waals surface area contributed by atoms with Gasteiger partial charge in [-0.05, 0) is 30.2 Å². The quantitative estimate of drug-likeness (QED) is 0.687. The van der Waals surface area contributed by atoms with Gasteiger partial charge in [0.2, 0.25) is 0 Å². The minimum absolute atomic E-state index is 0.0643. The number of methoxy groups -OCH3 is 1. The summed E-state index contributed by atoms with van der Waals surface area (Å²) in [7, 11) is 1.65. The molecule has 1 atom stereocenters. The molecule has 3 heteroatoms. The smallest absolute Gasteiger partial charge is 0.0655 e. The van der Waals surface area contributed by atoms with Gasteiger partial charge in [0, 0.05) is 12.8 Å². The molecule has 0 aromatic heterocycles. The van der Waals surface area contributed by atoms with E-state index >= 15 is 0 Å². The van der Waals surface area contributed by atoms with Gasteiger partial charge < -0.3 is 16.2 Å². The van der Waals surface area contributed by atoms with Gasteiger partial charge in [0.15, 0.2) is 0 Å². The minimum atomic E-state index is -0.0643. The predicted molar refractivity (Wildman–Crippen MR) is 54.4 cm³/mol. The van der Waals surface area contributed by atoms with Crippen molar-refractivity contribution in [2.24, 2.45) is 5.73 Å². The Hall–Kier alpha value is -1.06. The number of hydrogen-bond donors (Lipinski definition) is 2. The molecule has 0 heterocycles. The second-order valence-corrected chi connectivity index (χ2v) is 3.18. The van der Waals surface area contributed by atoms with Crippen molar-refractivity contribution >= 4 is 5.69 Å². The van der Waals surface area contributed by atoms with Crippen LogP contribution in [0.1, 0.15) is 17.2 Å². The van der Waals surface area contributed by atoms with E-state index in [0.717, 1.165) is 16.8 Å².